The molecule has 0 spiro atoms. The summed E-state index contributed by atoms with van der Waals surface area (Å²) in [5.41, 5.74) is 1.96. The highest BCUT2D eigenvalue weighted by molar-refractivity contribution is 7.89. The average molecular weight is 401 g/mol. The van der Waals surface area contributed by atoms with E-state index in [1.165, 1.54) is 26.2 Å². The summed E-state index contributed by atoms with van der Waals surface area (Å²) in [5.74, 6) is -0.251. The molecule has 0 radical (unpaired) electrons. The van der Waals surface area contributed by atoms with Gasteiger partial charge in [0.05, 0.1) is 4.90 Å². The summed E-state index contributed by atoms with van der Waals surface area (Å²) in [6, 6.07) is 13.4. The van der Waals surface area contributed by atoms with Gasteiger partial charge in [-0.3, -0.25) is 9.59 Å². The summed E-state index contributed by atoms with van der Waals surface area (Å²) < 4.78 is 25.6. The number of hydrogen-bond acceptors (Lipinski definition) is 4. The SMILES string of the molecule is CN(C)S(=O)(=O)c1cccc(C(=O)NCc2cccc(N3CCCC3=O)c2)c1. The summed E-state index contributed by atoms with van der Waals surface area (Å²) in [6.07, 6.45) is 1.42. The highest BCUT2D eigenvalue weighted by atomic mass is 32.2. The molecule has 0 bridgehead atoms. The van der Waals surface area contributed by atoms with Crippen LogP contribution in [-0.2, 0) is 21.4 Å². The van der Waals surface area contributed by atoms with Gasteiger partial charge in [-0.05, 0) is 42.3 Å². The molecule has 0 aliphatic carbocycles. The van der Waals surface area contributed by atoms with E-state index in [9.17, 15) is 18.0 Å². The zero-order valence-corrected chi connectivity index (χ0v) is 16.7. The Morgan fingerprint density at radius 2 is 1.89 bits per heavy atom. The van der Waals surface area contributed by atoms with Crippen LogP contribution in [0.2, 0.25) is 0 Å². The lowest BCUT2D eigenvalue weighted by Gasteiger charge is -2.17. The van der Waals surface area contributed by atoms with Crippen LogP contribution >= 0.6 is 0 Å². The average Bonchev–Trinajstić information content (AvgIpc) is 3.12. The maximum Gasteiger partial charge on any atom is 0.251 e. The fourth-order valence-corrected chi connectivity index (χ4v) is 4.00. The zero-order chi connectivity index (χ0) is 20.3. The molecule has 2 amide bonds. The molecule has 1 N–H and O–H groups in total. The Hall–Kier alpha value is -2.71. The molecule has 2 aromatic rings. The number of anilines is 1. The van der Waals surface area contributed by atoms with Crippen molar-refractivity contribution in [2.24, 2.45) is 0 Å². The van der Waals surface area contributed by atoms with Gasteiger partial charge in [-0.2, -0.15) is 0 Å². The first-order valence-corrected chi connectivity index (χ1v) is 10.4. The van der Waals surface area contributed by atoms with Crippen molar-refractivity contribution in [2.75, 3.05) is 25.5 Å². The van der Waals surface area contributed by atoms with Gasteiger partial charge in [-0.25, -0.2) is 12.7 Å². The van der Waals surface area contributed by atoms with E-state index >= 15 is 0 Å². The Balaban J connectivity index is 1.70. The molecule has 0 saturated carbocycles. The molecule has 1 saturated heterocycles. The van der Waals surface area contributed by atoms with Crippen molar-refractivity contribution in [3.05, 3.63) is 59.7 Å². The zero-order valence-electron chi connectivity index (χ0n) is 15.9. The highest BCUT2D eigenvalue weighted by Gasteiger charge is 2.22. The van der Waals surface area contributed by atoms with Crippen molar-refractivity contribution in [3.63, 3.8) is 0 Å². The Morgan fingerprint density at radius 3 is 2.57 bits per heavy atom. The van der Waals surface area contributed by atoms with Crippen LogP contribution in [0.5, 0.6) is 0 Å². The maximum atomic E-state index is 12.5. The lowest BCUT2D eigenvalue weighted by atomic mass is 10.1. The Kier molecular flexibility index (Phi) is 5.81. The van der Waals surface area contributed by atoms with E-state index in [1.807, 2.05) is 24.3 Å². The molecular weight excluding hydrogens is 378 g/mol. The number of amides is 2. The summed E-state index contributed by atoms with van der Waals surface area (Å²) in [4.78, 5) is 26.2. The van der Waals surface area contributed by atoms with Crippen LogP contribution in [0, 0.1) is 0 Å². The Labute approximate surface area is 165 Å². The van der Waals surface area contributed by atoms with Gasteiger partial charge in [0.25, 0.3) is 5.91 Å². The van der Waals surface area contributed by atoms with Gasteiger partial charge in [0.1, 0.15) is 0 Å². The molecule has 148 valence electrons. The van der Waals surface area contributed by atoms with Crippen LogP contribution in [0.1, 0.15) is 28.8 Å². The first kappa shape index (κ1) is 20.0. The Morgan fingerprint density at radius 1 is 1.14 bits per heavy atom. The maximum absolute atomic E-state index is 12.5. The van der Waals surface area contributed by atoms with Gasteiger partial charge in [-0.1, -0.05) is 18.2 Å². The number of hydrogen-bond donors (Lipinski definition) is 1. The summed E-state index contributed by atoms with van der Waals surface area (Å²) in [7, 11) is -0.715. The van der Waals surface area contributed by atoms with Gasteiger partial charge in [-0.15, -0.1) is 0 Å². The van der Waals surface area contributed by atoms with E-state index in [2.05, 4.69) is 5.32 Å². The minimum absolute atomic E-state index is 0.0692. The second-order valence-electron chi connectivity index (χ2n) is 6.82. The molecule has 28 heavy (non-hydrogen) atoms. The third kappa shape index (κ3) is 4.23. The van der Waals surface area contributed by atoms with E-state index in [4.69, 9.17) is 0 Å². The van der Waals surface area contributed by atoms with Crippen LogP contribution in [-0.4, -0.2) is 45.2 Å². The number of sulfonamides is 1. The normalized spacial score (nSPS) is 14.5. The van der Waals surface area contributed by atoms with Crippen molar-refractivity contribution in [1.82, 2.24) is 9.62 Å². The first-order valence-electron chi connectivity index (χ1n) is 8.99. The van der Waals surface area contributed by atoms with E-state index in [-0.39, 0.29) is 28.8 Å². The van der Waals surface area contributed by atoms with Crippen molar-refractivity contribution >= 4 is 27.5 Å². The van der Waals surface area contributed by atoms with Crippen LogP contribution in [0.3, 0.4) is 0 Å². The molecule has 1 aliphatic rings. The quantitative estimate of drug-likeness (QED) is 0.802. The summed E-state index contributed by atoms with van der Waals surface area (Å²) in [6.45, 7) is 0.987. The van der Waals surface area contributed by atoms with Crippen LogP contribution < -0.4 is 10.2 Å². The van der Waals surface area contributed by atoms with Gasteiger partial charge in [0, 0.05) is 44.9 Å². The van der Waals surface area contributed by atoms with E-state index in [1.54, 1.807) is 17.0 Å². The minimum Gasteiger partial charge on any atom is -0.348 e. The molecule has 7 nitrogen and oxygen atoms in total. The standard InChI is InChI=1S/C20H23N3O4S/c1-22(2)28(26,27)18-9-4-7-16(13-18)20(25)21-14-15-6-3-8-17(12-15)23-11-5-10-19(23)24/h3-4,6-9,12-13H,5,10-11,14H2,1-2H3,(H,21,25). The predicted octanol–water partition coefficient (Wildman–Crippen LogP) is 1.99. The van der Waals surface area contributed by atoms with Crippen LogP contribution in [0.25, 0.3) is 0 Å². The molecule has 1 heterocycles. The number of carbonyl (C=O) groups is 2. The number of carbonyl (C=O) groups excluding carboxylic acids is 2. The second-order valence-corrected chi connectivity index (χ2v) is 8.97. The lowest BCUT2D eigenvalue weighted by Crippen LogP contribution is -2.26. The topological polar surface area (TPSA) is 86.8 Å². The number of nitrogens with zero attached hydrogens (tertiary/aromatic N) is 2. The molecule has 0 unspecified atom stereocenters. The Bertz CT molecular complexity index is 1000. The van der Waals surface area contributed by atoms with Crippen LogP contribution in [0.15, 0.2) is 53.4 Å². The minimum atomic E-state index is -3.60. The fourth-order valence-electron chi connectivity index (χ4n) is 3.05. The summed E-state index contributed by atoms with van der Waals surface area (Å²) in [5, 5.41) is 2.80. The highest BCUT2D eigenvalue weighted by Crippen LogP contribution is 2.22. The van der Waals surface area contributed by atoms with Gasteiger partial charge >= 0.3 is 0 Å². The monoisotopic (exact) mass is 401 g/mol. The number of nitrogens with one attached hydrogen (secondary N) is 1. The smallest absolute Gasteiger partial charge is 0.251 e. The molecular formula is C20H23N3O4S. The summed E-state index contributed by atoms with van der Waals surface area (Å²) >= 11 is 0. The first-order chi connectivity index (χ1) is 13.3. The molecule has 1 fully saturated rings. The van der Waals surface area contributed by atoms with Crippen LogP contribution in [0.4, 0.5) is 5.69 Å². The second kappa shape index (κ2) is 8.12. The van der Waals surface area contributed by atoms with Crippen molar-refractivity contribution in [1.29, 1.82) is 0 Å². The van der Waals surface area contributed by atoms with Crippen molar-refractivity contribution in [3.8, 4) is 0 Å². The fraction of sp³-hybridized carbons (Fsp3) is 0.300. The van der Waals surface area contributed by atoms with E-state index < -0.39 is 10.0 Å². The predicted molar refractivity (Wildman–Crippen MR) is 107 cm³/mol. The van der Waals surface area contributed by atoms with Gasteiger partial charge < -0.3 is 10.2 Å². The van der Waals surface area contributed by atoms with Gasteiger partial charge in [0.15, 0.2) is 0 Å². The number of benzene rings is 2. The van der Waals surface area contributed by atoms with E-state index in [0.717, 1.165) is 22.0 Å². The molecule has 0 atom stereocenters. The molecule has 1 aliphatic heterocycles. The third-order valence-electron chi connectivity index (χ3n) is 4.62. The lowest BCUT2D eigenvalue weighted by molar-refractivity contribution is -0.117. The van der Waals surface area contributed by atoms with Gasteiger partial charge in [0.2, 0.25) is 15.9 Å². The van der Waals surface area contributed by atoms with Crippen molar-refractivity contribution in [2.45, 2.75) is 24.3 Å². The number of rotatable bonds is 6. The molecule has 0 aromatic heterocycles. The third-order valence-corrected chi connectivity index (χ3v) is 6.43. The largest absolute Gasteiger partial charge is 0.348 e. The van der Waals surface area contributed by atoms with E-state index in [0.29, 0.717) is 13.0 Å². The van der Waals surface area contributed by atoms with Crippen molar-refractivity contribution < 1.29 is 18.0 Å². The molecule has 2 aromatic carbocycles. The molecule has 3 rings (SSSR count). The molecule has 8 heteroatoms.